The van der Waals surface area contributed by atoms with Gasteiger partial charge in [-0.2, -0.15) is 0 Å². The highest BCUT2D eigenvalue weighted by Gasteiger charge is 2.02. The second-order valence-electron chi connectivity index (χ2n) is 4.68. The maximum atomic E-state index is 5.84. The molecule has 0 bridgehead atoms. The van der Waals surface area contributed by atoms with Crippen LogP contribution in [0.15, 0.2) is 30.3 Å². The van der Waals surface area contributed by atoms with Gasteiger partial charge in [-0.15, -0.1) is 11.3 Å². The summed E-state index contributed by atoms with van der Waals surface area (Å²) in [6.07, 6.45) is 0. The van der Waals surface area contributed by atoms with Crippen molar-refractivity contribution in [3.63, 3.8) is 0 Å². The highest BCUT2D eigenvalue weighted by molar-refractivity contribution is 7.11. The minimum Gasteiger partial charge on any atom is -0.488 e. The monoisotopic (exact) mass is 275 g/mol. The van der Waals surface area contributed by atoms with Crippen LogP contribution in [-0.4, -0.2) is 6.54 Å². The molecule has 0 unspecified atom stereocenters. The lowest BCUT2D eigenvalue weighted by atomic mass is 10.1. The molecule has 1 heterocycles. The van der Waals surface area contributed by atoms with Crippen LogP contribution in [0.25, 0.3) is 0 Å². The third-order valence-corrected chi connectivity index (χ3v) is 4.18. The average Bonchev–Trinajstić information content (AvgIpc) is 2.86. The molecule has 0 spiro atoms. The van der Waals surface area contributed by atoms with Crippen LogP contribution in [0.2, 0.25) is 0 Å². The smallest absolute Gasteiger partial charge is 0.122 e. The molecule has 2 rings (SSSR count). The zero-order valence-corrected chi connectivity index (χ0v) is 12.6. The Hall–Kier alpha value is -1.32. The summed E-state index contributed by atoms with van der Waals surface area (Å²) in [5.41, 5.74) is 2.58. The third-order valence-electron chi connectivity index (χ3n) is 3.13. The molecule has 0 radical (unpaired) electrons. The van der Waals surface area contributed by atoms with E-state index in [4.69, 9.17) is 4.74 Å². The van der Waals surface area contributed by atoms with E-state index < -0.39 is 0 Å². The van der Waals surface area contributed by atoms with E-state index in [9.17, 15) is 0 Å². The second-order valence-corrected chi connectivity index (χ2v) is 5.94. The Labute approximate surface area is 119 Å². The van der Waals surface area contributed by atoms with Crippen LogP contribution < -0.4 is 10.1 Å². The first kappa shape index (κ1) is 14.1. The predicted molar refractivity (Wildman–Crippen MR) is 81.9 cm³/mol. The fourth-order valence-corrected chi connectivity index (χ4v) is 2.70. The topological polar surface area (TPSA) is 21.3 Å². The molecule has 2 aromatic rings. The Morgan fingerprint density at radius 2 is 1.84 bits per heavy atom. The number of benzene rings is 1. The van der Waals surface area contributed by atoms with Gasteiger partial charge in [0, 0.05) is 16.3 Å². The quantitative estimate of drug-likeness (QED) is 0.858. The number of hydrogen-bond acceptors (Lipinski definition) is 3. The van der Waals surface area contributed by atoms with Crippen LogP contribution in [-0.2, 0) is 13.2 Å². The molecule has 0 aliphatic carbocycles. The fraction of sp³-hybridized carbons (Fsp3) is 0.375. The van der Waals surface area contributed by atoms with Gasteiger partial charge in [-0.3, -0.25) is 0 Å². The summed E-state index contributed by atoms with van der Waals surface area (Å²) in [7, 11) is 0. The zero-order valence-electron chi connectivity index (χ0n) is 11.8. The van der Waals surface area contributed by atoms with Crippen LogP contribution >= 0.6 is 11.3 Å². The molecular formula is C16H21NOS. The molecule has 0 amide bonds. The number of nitrogens with one attached hydrogen (secondary N) is 1. The molecule has 3 heteroatoms. The number of aryl methyl sites for hydroxylation is 2. The molecule has 0 fully saturated rings. The van der Waals surface area contributed by atoms with Crippen molar-refractivity contribution >= 4 is 11.3 Å². The van der Waals surface area contributed by atoms with E-state index in [1.165, 1.54) is 20.9 Å². The lowest BCUT2D eigenvalue weighted by molar-refractivity contribution is 0.309. The highest BCUT2D eigenvalue weighted by Crippen LogP contribution is 2.21. The molecule has 0 aliphatic heterocycles. The van der Waals surface area contributed by atoms with Crippen LogP contribution in [0.5, 0.6) is 5.75 Å². The number of ether oxygens (including phenoxy) is 1. The van der Waals surface area contributed by atoms with Gasteiger partial charge in [-0.1, -0.05) is 13.0 Å². The molecule has 0 aliphatic rings. The fourth-order valence-electron chi connectivity index (χ4n) is 1.80. The van der Waals surface area contributed by atoms with Crippen LogP contribution in [0.3, 0.4) is 0 Å². The van der Waals surface area contributed by atoms with Gasteiger partial charge < -0.3 is 10.1 Å². The summed E-state index contributed by atoms with van der Waals surface area (Å²) in [6, 6.07) is 10.6. The normalized spacial score (nSPS) is 10.7. The number of thiophene rings is 1. The Balaban J connectivity index is 1.91. The summed E-state index contributed by atoms with van der Waals surface area (Å²) in [5.74, 6) is 0.949. The van der Waals surface area contributed by atoms with E-state index in [2.05, 4.69) is 50.4 Å². The summed E-state index contributed by atoms with van der Waals surface area (Å²) in [6.45, 7) is 8.96. The second kappa shape index (κ2) is 6.73. The average molecular weight is 275 g/mol. The van der Waals surface area contributed by atoms with E-state index in [0.717, 1.165) is 18.8 Å². The van der Waals surface area contributed by atoms with Gasteiger partial charge in [0.2, 0.25) is 0 Å². The van der Waals surface area contributed by atoms with E-state index in [0.29, 0.717) is 6.61 Å². The van der Waals surface area contributed by atoms with Crippen molar-refractivity contribution in [3.8, 4) is 5.75 Å². The molecule has 1 aromatic carbocycles. The van der Waals surface area contributed by atoms with Crippen molar-refractivity contribution in [2.24, 2.45) is 0 Å². The van der Waals surface area contributed by atoms with E-state index in [1.807, 2.05) is 17.4 Å². The maximum absolute atomic E-state index is 5.84. The lowest BCUT2D eigenvalue weighted by Crippen LogP contribution is -2.10. The molecule has 19 heavy (non-hydrogen) atoms. The standard InChI is InChI=1S/C16H21NOS/c1-4-17-10-15-7-8-16(19-15)11-18-14-6-5-12(2)13(3)9-14/h5-9,17H,4,10-11H2,1-3H3. The van der Waals surface area contributed by atoms with Crippen molar-refractivity contribution in [1.82, 2.24) is 5.32 Å². The minimum absolute atomic E-state index is 0.652. The number of hydrogen-bond donors (Lipinski definition) is 1. The van der Waals surface area contributed by atoms with Gasteiger partial charge in [0.1, 0.15) is 12.4 Å². The van der Waals surface area contributed by atoms with E-state index in [-0.39, 0.29) is 0 Å². The first-order valence-corrected chi connectivity index (χ1v) is 7.49. The molecule has 102 valence electrons. The minimum atomic E-state index is 0.652. The first-order chi connectivity index (χ1) is 9.19. The number of rotatable bonds is 6. The SMILES string of the molecule is CCNCc1ccc(COc2ccc(C)c(C)c2)s1. The van der Waals surface area contributed by atoms with Crippen LogP contribution in [0, 0.1) is 13.8 Å². The molecule has 1 aromatic heterocycles. The van der Waals surface area contributed by atoms with Gasteiger partial charge in [0.05, 0.1) is 0 Å². The molecule has 0 atom stereocenters. The molecule has 1 N–H and O–H groups in total. The Kier molecular flexibility index (Phi) is 5.00. The van der Waals surface area contributed by atoms with Gasteiger partial charge >= 0.3 is 0 Å². The van der Waals surface area contributed by atoms with Crippen LogP contribution in [0.1, 0.15) is 27.8 Å². The zero-order chi connectivity index (χ0) is 13.7. The van der Waals surface area contributed by atoms with Crippen molar-refractivity contribution in [1.29, 1.82) is 0 Å². The van der Waals surface area contributed by atoms with Gasteiger partial charge in [0.25, 0.3) is 0 Å². The summed E-state index contributed by atoms with van der Waals surface area (Å²) < 4.78 is 5.84. The largest absolute Gasteiger partial charge is 0.488 e. The van der Waals surface area contributed by atoms with Crippen molar-refractivity contribution in [3.05, 3.63) is 51.2 Å². The predicted octanol–water partition coefficient (Wildman–Crippen LogP) is 4.05. The van der Waals surface area contributed by atoms with Crippen molar-refractivity contribution < 1.29 is 4.74 Å². The molecular weight excluding hydrogens is 254 g/mol. The lowest BCUT2D eigenvalue weighted by Gasteiger charge is -2.07. The maximum Gasteiger partial charge on any atom is 0.122 e. The first-order valence-electron chi connectivity index (χ1n) is 6.67. The Bertz CT molecular complexity index is 533. The Morgan fingerprint density at radius 1 is 1.05 bits per heavy atom. The molecule has 0 saturated heterocycles. The van der Waals surface area contributed by atoms with Gasteiger partial charge in [-0.25, -0.2) is 0 Å². The van der Waals surface area contributed by atoms with Crippen LogP contribution in [0.4, 0.5) is 0 Å². The van der Waals surface area contributed by atoms with Gasteiger partial charge in [-0.05, 0) is 55.8 Å². The van der Waals surface area contributed by atoms with E-state index >= 15 is 0 Å². The highest BCUT2D eigenvalue weighted by atomic mass is 32.1. The van der Waals surface area contributed by atoms with Gasteiger partial charge in [0.15, 0.2) is 0 Å². The Morgan fingerprint density at radius 3 is 2.58 bits per heavy atom. The van der Waals surface area contributed by atoms with E-state index in [1.54, 1.807) is 0 Å². The molecule has 2 nitrogen and oxygen atoms in total. The summed E-state index contributed by atoms with van der Waals surface area (Å²) in [4.78, 5) is 2.63. The molecule has 0 saturated carbocycles. The summed E-state index contributed by atoms with van der Waals surface area (Å²) in [5, 5.41) is 3.33. The van der Waals surface area contributed by atoms with Crippen molar-refractivity contribution in [2.45, 2.75) is 33.9 Å². The summed E-state index contributed by atoms with van der Waals surface area (Å²) >= 11 is 1.81. The third kappa shape index (κ3) is 4.08. The van der Waals surface area contributed by atoms with Crippen molar-refractivity contribution in [2.75, 3.05) is 6.54 Å².